The van der Waals surface area contributed by atoms with Crippen LogP contribution in [0.4, 0.5) is 0 Å². The maximum absolute atomic E-state index is 9.19. The van der Waals surface area contributed by atoms with Crippen molar-refractivity contribution in [2.24, 2.45) is 5.92 Å². The first kappa shape index (κ1) is 9.04. The van der Waals surface area contributed by atoms with Gasteiger partial charge in [0.1, 0.15) is 5.75 Å². The highest BCUT2D eigenvalue weighted by Gasteiger charge is 2.03. The maximum atomic E-state index is 9.19. The summed E-state index contributed by atoms with van der Waals surface area (Å²) in [6.07, 6.45) is 2.46. The molecule has 0 spiro atoms. The standard InChI is InChI=1S/C10H15NO/c1-7(2)4-9-5-10(12)6-11-8(9)3/h5-7,12H,4H2,1-3H3. The predicted octanol–water partition coefficient (Wildman–Crippen LogP) is 2.29. The summed E-state index contributed by atoms with van der Waals surface area (Å²) >= 11 is 0. The fraction of sp³-hybridized carbons (Fsp3) is 0.500. The molecule has 1 aromatic heterocycles. The summed E-state index contributed by atoms with van der Waals surface area (Å²) < 4.78 is 0. The van der Waals surface area contributed by atoms with Crippen LogP contribution in [-0.2, 0) is 6.42 Å². The maximum Gasteiger partial charge on any atom is 0.134 e. The number of aromatic hydroxyl groups is 1. The van der Waals surface area contributed by atoms with Crippen molar-refractivity contribution in [3.63, 3.8) is 0 Å². The van der Waals surface area contributed by atoms with E-state index in [0.29, 0.717) is 5.92 Å². The number of aromatic nitrogens is 1. The lowest BCUT2D eigenvalue weighted by atomic mass is 10.0. The minimum absolute atomic E-state index is 0.260. The molecule has 0 unspecified atom stereocenters. The molecule has 0 aliphatic heterocycles. The van der Waals surface area contributed by atoms with Gasteiger partial charge in [-0.25, -0.2) is 0 Å². The Morgan fingerprint density at radius 3 is 2.75 bits per heavy atom. The average Bonchev–Trinajstić information content (AvgIpc) is 1.96. The van der Waals surface area contributed by atoms with Crippen molar-refractivity contribution in [1.82, 2.24) is 4.98 Å². The van der Waals surface area contributed by atoms with Crippen LogP contribution in [0, 0.1) is 12.8 Å². The summed E-state index contributed by atoms with van der Waals surface area (Å²) in [5, 5.41) is 9.19. The Kier molecular flexibility index (Phi) is 2.69. The van der Waals surface area contributed by atoms with Crippen molar-refractivity contribution in [3.8, 4) is 5.75 Å². The van der Waals surface area contributed by atoms with Crippen LogP contribution < -0.4 is 0 Å². The topological polar surface area (TPSA) is 33.1 Å². The Labute approximate surface area is 73.3 Å². The van der Waals surface area contributed by atoms with Crippen LogP contribution in [0.2, 0.25) is 0 Å². The van der Waals surface area contributed by atoms with Gasteiger partial charge in [0.15, 0.2) is 0 Å². The Hall–Kier alpha value is -1.05. The Balaban J connectivity index is 2.90. The van der Waals surface area contributed by atoms with E-state index in [4.69, 9.17) is 0 Å². The van der Waals surface area contributed by atoms with Gasteiger partial charge in [0, 0.05) is 5.69 Å². The summed E-state index contributed by atoms with van der Waals surface area (Å²) in [5.41, 5.74) is 2.16. The molecule has 1 aromatic rings. The highest BCUT2D eigenvalue weighted by Crippen LogP contribution is 2.16. The van der Waals surface area contributed by atoms with Crippen LogP contribution in [0.25, 0.3) is 0 Å². The van der Waals surface area contributed by atoms with E-state index < -0.39 is 0 Å². The number of nitrogens with zero attached hydrogens (tertiary/aromatic N) is 1. The third-order valence-corrected chi connectivity index (χ3v) is 1.81. The van der Waals surface area contributed by atoms with Crippen molar-refractivity contribution >= 4 is 0 Å². The molecule has 1 heterocycles. The largest absolute Gasteiger partial charge is 0.506 e. The van der Waals surface area contributed by atoms with Gasteiger partial charge in [-0.2, -0.15) is 0 Å². The van der Waals surface area contributed by atoms with Crippen molar-refractivity contribution in [2.45, 2.75) is 27.2 Å². The number of aryl methyl sites for hydroxylation is 1. The molecular weight excluding hydrogens is 150 g/mol. The number of pyridine rings is 1. The molecule has 66 valence electrons. The summed E-state index contributed by atoms with van der Waals surface area (Å²) in [4.78, 5) is 4.08. The summed E-state index contributed by atoms with van der Waals surface area (Å²) in [6.45, 7) is 6.28. The normalized spacial score (nSPS) is 10.7. The van der Waals surface area contributed by atoms with Crippen molar-refractivity contribution in [2.75, 3.05) is 0 Å². The van der Waals surface area contributed by atoms with Gasteiger partial charge in [0.2, 0.25) is 0 Å². The van der Waals surface area contributed by atoms with Crippen molar-refractivity contribution in [3.05, 3.63) is 23.5 Å². The van der Waals surface area contributed by atoms with E-state index in [0.717, 1.165) is 17.7 Å². The monoisotopic (exact) mass is 165 g/mol. The van der Waals surface area contributed by atoms with E-state index in [2.05, 4.69) is 18.8 Å². The van der Waals surface area contributed by atoms with Crippen LogP contribution in [0.1, 0.15) is 25.1 Å². The molecule has 0 amide bonds. The lowest BCUT2D eigenvalue weighted by Crippen LogP contribution is -1.98. The zero-order valence-corrected chi connectivity index (χ0v) is 7.83. The second-order valence-corrected chi connectivity index (χ2v) is 3.54. The zero-order valence-electron chi connectivity index (χ0n) is 7.83. The number of hydrogen-bond donors (Lipinski definition) is 1. The first-order valence-electron chi connectivity index (χ1n) is 4.24. The minimum Gasteiger partial charge on any atom is -0.506 e. The average molecular weight is 165 g/mol. The van der Waals surface area contributed by atoms with E-state index in [-0.39, 0.29) is 5.75 Å². The molecule has 0 bridgehead atoms. The zero-order chi connectivity index (χ0) is 9.14. The van der Waals surface area contributed by atoms with Gasteiger partial charge in [-0.15, -0.1) is 0 Å². The van der Waals surface area contributed by atoms with Gasteiger partial charge in [-0.1, -0.05) is 13.8 Å². The highest BCUT2D eigenvalue weighted by molar-refractivity contribution is 5.27. The molecule has 0 fully saturated rings. The molecule has 0 aromatic carbocycles. The summed E-state index contributed by atoms with van der Waals surface area (Å²) in [6, 6.07) is 1.79. The molecule has 0 saturated carbocycles. The smallest absolute Gasteiger partial charge is 0.134 e. The van der Waals surface area contributed by atoms with Gasteiger partial charge in [-0.05, 0) is 30.9 Å². The third-order valence-electron chi connectivity index (χ3n) is 1.81. The molecule has 1 rings (SSSR count). The van der Waals surface area contributed by atoms with Gasteiger partial charge in [0.25, 0.3) is 0 Å². The van der Waals surface area contributed by atoms with Crippen molar-refractivity contribution in [1.29, 1.82) is 0 Å². The van der Waals surface area contributed by atoms with E-state index in [1.54, 1.807) is 6.07 Å². The first-order valence-corrected chi connectivity index (χ1v) is 4.24. The molecular formula is C10H15NO. The van der Waals surface area contributed by atoms with E-state index in [9.17, 15) is 5.11 Å². The SMILES string of the molecule is Cc1ncc(O)cc1CC(C)C. The third kappa shape index (κ3) is 2.22. The van der Waals surface area contributed by atoms with Crippen LogP contribution in [0.15, 0.2) is 12.3 Å². The Morgan fingerprint density at radius 1 is 1.50 bits per heavy atom. The van der Waals surface area contributed by atoms with E-state index >= 15 is 0 Å². The predicted molar refractivity (Wildman–Crippen MR) is 49.2 cm³/mol. The molecule has 2 nitrogen and oxygen atoms in total. The second-order valence-electron chi connectivity index (χ2n) is 3.54. The molecule has 0 radical (unpaired) electrons. The van der Waals surface area contributed by atoms with E-state index in [1.807, 2.05) is 6.92 Å². The molecule has 0 saturated heterocycles. The highest BCUT2D eigenvalue weighted by atomic mass is 16.3. The molecule has 12 heavy (non-hydrogen) atoms. The fourth-order valence-corrected chi connectivity index (χ4v) is 1.21. The molecule has 2 heteroatoms. The van der Waals surface area contributed by atoms with Crippen LogP contribution in [-0.4, -0.2) is 10.1 Å². The second kappa shape index (κ2) is 3.57. The minimum atomic E-state index is 0.260. The van der Waals surface area contributed by atoms with Crippen LogP contribution in [0.5, 0.6) is 5.75 Å². The summed E-state index contributed by atoms with van der Waals surface area (Å²) in [7, 11) is 0. The lowest BCUT2D eigenvalue weighted by molar-refractivity contribution is 0.470. The van der Waals surface area contributed by atoms with E-state index in [1.165, 1.54) is 6.20 Å². The summed E-state index contributed by atoms with van der Waals surface area (Å²) in [5.74, 6) is 0.864. The first-order chi connectivity index (χ1) is 5.59. The molecule has 0 aliphatic carbocycles. The van der Waals surface area contributed by atoms with Gasteiger partial charge in [0.05, 0.1) is 6.20 Å². The lowest BCUT2D eigenvalue weighted by Gasteiger charge is -2.07. The fourth-order valence-electron chi connectivity index (χ4n) is 1.21. The van der Waals surface area contributed by atoms with Gasteiger partial charge < -0.3 is 5.11 Å². The van der Waals surface area contributed by atoms with Crippen LogP contribution in [0.3, 0.4) is 0 Å². The number of rotatable bonds is 2. The van der Waals surface area contributed by atoms with Crippen molar-refractivity contribution < 1.29 is 5.11 Å². The Bertz CT molecular complexity index is 269. The molecule has 0 aliphatic rings. The van der Waals surface area contributed by atoms with Gasteiger partial charge in [-0.3, -0.25) is 4.98 Å². The Morgan fingerprint density at radius 2 is 2.17 bits per heavy atom. The number of hydrogen-bond acceptors (Lipinski definition) is 2. The molecule has 1 N–H and O–H groups in total. The molecule has 0 atom stereocenters. The van der Waals surface area contributed by atoms with Gasteiger partial charge >= 0.3 is 0 Å². The van der Waals surface area contributed by atoms with Crippen LogP contribution >= 0.6 is 0 Å². The quantitative estimate of drug-likeness (QED) is 0.729.